The molecule has 122 valence electrons. The van der Waals surface area contributed by atoms with E-state index >= 15 is 0 Å². The van der Waals surface area contributed by atoms with Crippen LogP contribution in [0.3, 0.4) is 0 Å². The van der Waals surface area contributed by atoms with Crippen molar-refractivity contribution in [2.45, 2.75) is 25.6 Å². The number of methoxy groups -OCH3 is 1. The van der Waals surface area contributed by atoms with E-state index in [0.717, 1.165) is 11.1 Å². The van der Waals surface area contributed by atoms with Crippen LogP contribution in [0.1, 0.15) is 24.2 Å². The standard InChI is InChI=1S/C17H20ClN3O2/c1-12(16(23-2)14-3-5-15(18)6-4-14)21-17(22)20-11-13-7-9-19-10-8-13/h3-10,12,16H,11H2,1-2H3,(H2,20,21,22)/t12-,16-/m0/s1. The summed E-state index contributed by atoms with van der Waals surface area (Å²) >= 11 is 5.90. The number of benzene rings is 1. The smallest absolute Gasteiger partial charge is 0.315 e. The third-order valence-electron chi connectivity index (χ3n) is 3.47. The van der Waals surface area contributed by atoms with Gasteiger partial charge in [0.1, 0.15) is 6.10 Å². The molecule has 2 rings (SSSR count). The maximum absolute atomic E-state index is 12.0. The van der Waals surface area contributed by atoms with E-state index in [1.165, 1.54) is 0 Å². The van der Waals surface area contributed by atoms with Gasteiger partial charge in [0.05, 0.1) is 6.04 Å². The fraction of sp³-hybridized carbons (Fsp3) is 0.294. The number of aromatic nitrogens is 1. The van der Waals surface area contributed by atoms with Crippen LogP contribution in [-0.2, 0) is 11.3 Å². The van der Waals surface area contributed by atoms with Crippen molar-refractivity contribution in [1.82, 2.24) is 15.6 Å². The van der Waals surface area contributed by atoms with Gasteiger partial charge in [-0.2, -0.15) is 0 Å². The normalized spacial score (nSPS) is 13.2. The zero-order valence-electron chi connectivity index (χ0n) is 13.1. The molecule has 0 spiro atoms. The molecule has 23 heavy (non-hydrogen) atoms. The third kappa shape index (κ3) is 5.23. The molecule has 1 aromatic carbocycles. The van der Waals surface area contributed by atoms with Crippen molar-refractivity contribution in [3.63, 3.8) is 0 Å². The highest BCUT2D eigenvalue weighted by atomic mass is 35.5. The number of urea groups is 1. The van der Waals surface area contributed by atoms with Gasteiger partial charge in [0.2, 0.25) is 0 Å². The maximum Gasteiger partial charge on any atom is 0.315 e. The largest absolute Gasteiger partial charge is 0.375 e. The minimum Gasteiger partial charge on any atom is -0.375 e. The third-order valence-corrected chi connectivity index (χ3v) is 3.72. The molecule has 2 amide bonds. The van der Waals surface area contributed by atoms with E-state index in [1.807, 2.05) is 31.2 Å². The minimum absolute atomic E-state index is 0.196. The topological polar surface area (TPSA) is 63.2 Å². The molecule has 5 nitrogen and oxygen atoms in total. The highest BCUT2D eigenvalue weighted by Crippen LogP contribution is 2.22. The second kappa shape index (κ2) is 8.50. The summed E-state index contributed by atoms with van der Waals surface area (Å²) in [6.45, 7) is 2.34. The first-order valence-electron chi connectivity index (χ1n) is 7.31. The number of hydrogen-bond donors (Lipinski definition) is 2. The van der Waals surface area contributed by atoms with Crippen LogP contribution in [-0.4, -0.2) is 24.2 Å². The second-order valence-electron chi connectivity index (χ2n) is 5.18. The zero-order valence-corrected chi connectivity index (χ0v) is 13.9. The number of hydrogen-bond acceptors (Lipinski definition) is 3. The van der Waals surface area contributed by atoms with Crippen LogP contribution in [0.2, 0.25) is 5.02 Å². The quantitative estimate of drug-likeness (QED) is 0.852. The molecule has 0 aliphatic heterocycles. The van der Waals surface area contributed by atoms with Gasteiger partial charge >= 0.3 is 6.03 Å². The lowest BCUT2D eigenvalue weighted by molar-refractivity contribution is 0.0762. The van der Waals surface area contributed by atoms with Crippen LogP contribution >= 0.6 is 11.6 Å². The number of nitrogens with one attached hydrogen (secondary N) is 2. The van der Waals surface area contributed by atoms with Gasteiger partial charge < -0.3 is 15.4 Å². The van der Waals surface area contributed by atoms with Crippen LogP contribution in [0.15, 0.2) is 48.8 Å². The van der Waals surface area contributed by atoms with E-state index in [1.54, 1.807) is 31.6 Å². The van der Waals surface area contributed by atoms with Gasteiger partial charge in [-0.15, -0.1) is 0 Å². The van der Waals surface area contributed by atoms with Gasteiger partial charge in [-0.05, 0) is 42.3 Å². The van der Waals surface area contributed by atoms with Crippen LogP contribution in [0.4, 0.5) is 4.79 Å². The lowest BCUT2D eigenvalue weighted by Crippen LogP contribution is -2.43. The molecule has 1 heterocycles. The molecule has 0 aliphatic rings. The summed E-state index contributed by atoms with van der Waals surface area (Å²) in [4.78, 5) is 16.0. The van der Waals surface area contributed by atoms with Gasteiger partial charge in [-0.1, -0.05) is 23.7 Å². The summed E-state index contributed by atoms with van der Waals surface area (Å²) in [5.41, 5.74) is 1.95. The molecule has 0 aliphatic carbocycles. The van der Waals surface area contributed by atoms with Gasteiger partial charge in [0, 0.05) is 31.1 Å². The van der Waals surface area contributed by atoms with Crippen molar-refractivity contribution in [3.8, 4) is 0 Å². The Morgan fingerprint density at radius 1 is 1.22 bits per heavy atom. The van der Waals surface area contributed by atoms with Gasteiger partial charge in [-0.3, -0.25) is 4.98 Å². The molecule has 0 radical (unpaired) electrons. The zero-order chi connectivity index (χ0) is 16.7. The number of carbonyl (C=O) groups excluding carboxylic acids is 1. The summed E-state index contributed by atoms with van der Waals surface area (Å²) in [5.74, 6) is 0. The lowest BCUT2D eigenvalue weighted by Gasteiger charge is -2.24. The van der Waals surface area contributed by atoms with E-state index in [9.17, 15) is 4.79 Å². The second-order valence-corrected chi connectivity index (χ2v) is 5.62. The molecule has 2 aromatic rings. The van der Waals surface area contributed by atoms with Crippen molar-refractivity contribution in [3.05, 3.63) is 64.9 Å². The molecule has 2 N–H and O–H groups in total. The van der Waals surface area contributed by atoms with Crippen molar-refractivity contribution in [2.24, 2.45) is 0 Å². The molecule has 0 unspecified atom stereocenters. The molecule has 0 saturated heterocycles. The Morgan fingerprint density at radius 2 is 1.87 bits per heavy atom. The van der Waals surface area contributed by atoms with Gasteiger partial charge in [0.25, 0.3) is 0 Å². The number of halogens is 1. The van der Waals surface area contributed by atoms with Crippen LogP contribution in [0, 0.1) is 0 Å². The molecule has 0 fully saturated rings. The van der Waals surface area contributed by atoms with E-state index in [0.29, 0.717) is 11.6 Å². The molecule has 1 aromatic heterocycles. The van der Waals surface area contributed by atoms with E-state index in [2.05, 4.69) is 15.6 Å². The highest BCUT2D eigenvalue weighted by molar-refractivity contribution is 6.30. The number of amides is 2. The SMILES string of the molecule is CO[C@H](c1ccc(Cl)cc1)[C@H](C)NC(=O)NCc1ccncc1. The molecule has 2 atom stereocenters. The van der Waals surface area contributed by atoms with Crippen molar-refractivity contribution < 1.29 is 9.53 Å². The predicted octanol–water partition coefficient (Wildman–Crippen LogP) is 3.31. The minimum atomic E-state index is -0.251. The first-order valence-corrected chi connectivity index (χ1v) is 7.69. The Labute approximate surface area is 141 Å². The fourth-order valence-electron chi connectivity index (χ4n) is 2.30. The molecular weight excluding hydrogens is 314 g/mol. The molecule has 0 bridgehead atoms. The number of ether oxygens (including phenoxy) is 1. The Hall–Kier alpha value is -2.11. The van der Waals surface area contributed by atoms with Crippen LogP contribution in [0.5, 0.6) is 0 Å². The van der Waals surface area contributed by atoms with Crippen LogP contribution in [0.25, 0.3) is 0 Å². The number of carbonyl (C=O) groups is 1. The van der Waals surface area contributed by atoms with E-state index < -0.39 is 0 Å². The Morgan fingerprint density at radius 3 is 2.48 bits per heavy atom. The number of nitrogens with zero attached hydrogens (tertiary/aromatic N) is 1. The highest BCUT2D eigenvalue weighted by Gasteiger charge is 2.20. The summed E-state index contributed by atoms with van der Waals surface area (Å²) in [5, 5.41) is 6.37. The molecule has 6 heteroatoms. The average Bonchev–Trinajstić information content (AvgIpc) is 2.56. The Kier molecular flexibility index (Phi) is 6.38. The average molecular weight is 334 g/mol. The Bertz CT molecular complexity index is 619. The lowest BCUT2D eigenvalue weighted by atomic mass is 10.0. The Balaban J connectivity index is 1.89. The molecule has 0 saturated carbocycles. The predicted molar refractivity (Wildman–Crippen MR) is 90.3 cm³/mol. The van der Waals surface area contributed by atoms with Crippen molar-refractivity contribution in [2.75, 3.05) is 7.11 Å². The van der Waals surface area contributed by atoms with Gasteiger partial charge in [0.15, 0.2) is 0 Å². The summed E-state index contributed by atoms with van der Waals surface area (Å²) < 4.78 is 5.51. The summed E-state index contributed by atoms with van der Waals surface area (Å²) in [6.07, 6.45) is 3.14. The monoisotopic (exact) mass is 333 g/mol. The van der Waals surface area contributed by atoms with Crippen molar-refractivity contribution in [1.29, 1.82) is 0 Å². The summed E-state index contributed by atoms with van der Waals surface area (Å²) in [6, 6.07) is 10.7. The first kappa shape index (κ1) is 17.2. The number of rotatable bonds is 6. The van der Waals surface area contributed by atoms with E-state index in [4.69, 9.17) is 16.3 Å². The first-order chi connectivity index (χ1) is 11.1. The van der Waals surface area contributed by atoms with Gasteiger partial charge in [-0.25, -0.2) is 4.79 Å². The molecular formula is C17H20ClN3O2. The fourth-order valence-corrected chi connectivity index (χ4v) is 2.42. The maximum atomic E-state index is 12.0. The summed E-state index contributed by atoms with van der Waals surface area (Å²) in [7, 11) is 1.62. The van der Waals surface area contributed by atoms with Crippen molar-refractivity contribution >= 4 is 17.6 Å². The van der Waals surface area contributed by atoms with Crippen LogP contribution < -0.4 is 10.6 Å². The van der Waals surface area contributed by atoms with E-state index in [-0.39, 0.29) is 18.2 Å². The number of pyridine rings is 1.